The standard InChI is InChI=1S/C22H26N2O5/c1-5-24(15-21(25)23-17-7-6-8-18(13-17)27-2)22(26)10-9-16-11-19(28-3)14-20(12-16)29-4/h6-14H,5,15H2,1-4H3,(H,23,25)/b10-9+. The van der Waals surface area contributed by atoms with E-state index in [4.69, 9.17) is 14.2 Å². The first kappa shape index (κ1) is 21.8. The molecule has 0 atom stereocenters. The van der Waals surface area contributed by atoms with Gasteiger partial charge in [-0.15, -0.1) is 0 Å². The summed E-state index contributed by atoms with van der Waals surface area (Å²) in [6, 6.07) is 12.4. The Morgan fingerprint density at radius 1 is 0.966 bits per heavy atom. The monoisotopic (exact) mass is 398 g/mol. The highest BCUT2D eigenvalue weighted by molar-refractivity contribution is 5.98. The first-order valence-electron chi connectivity index (χ1n) is 9.13. The fourth-order valence-corrected chi connectivity index (χ4v) is 2.62. The first-order valence-corrected chi connectivity index (χ1v) is 9.13. The zero-order valence-electron chi connectivity index (χ0n) is 17.1. The quantitative estimate of drug-likeness (QED) is 0.657. The molecular weight excluding hydrogens is 372 g/mol. The maximum absolute atomic E-state index is 12.5. The van der Waals surface area contributed by atoms with Crippen molar-refractivity contribution in [3.8, 4) is 17.2 Å². The predicted octanol–water partition coefficient (Wildman–Crippen LogP) is 3.21. The zero-order valence-corrected chi connectivity index (χ0v) is 17.1. The van der Waals surface area contributed by atoms with E-state index in [-0.39, 0.29) is 18.4 Å². The van der Waals surface area contributed by atoms with Gasteiger partial charge in [0.05, 0.1) is 21.3 Å². The summed E-state index contributed by atoms with van der Waals surface area (Å²) >= 11 is 0. The number of carbonyl (C=O) groups excluding carboxylic acids is 2. The number of ether oxygens (including phenoxy) is 3. The third-order valence-corrected chi connectivity index (χ3v) is 4.17. The van der Waals surface area contributed by atoms with Crippen LogP contribution in [0.3, 0.4) is 0 Å². The van der Waals surface area contributed by atoms with Crippen LogP contribution in [0.15, 0.2) is 48.5 Å². The Morgan fingerprint density at radius 3 is 2.21 bits per heavy atom. The molecule has 7 nitrogen and oxygen atoms in total. The first-order chi connectivity index (χ1) is 14.0. The number of carbonyl (C=O) groups is 2. The Labute approximate surface area is 170 Å². The second-order valence-corrected chi connectivity index (χ2v) is 6.11. The van der Waals surface area contributed by atoms with Crippen LogP contribution in [-0.4, -0.2) is 51.1 Å². The van der Waals surface area contributed by atoms with Crippen molar-refractivity contribution in [3.05, 3.63) is 54.1 Å². The van der Waals surface area contributed by atoms with Crippen LogP contribution in [0.25, 0.3) is 6.08 Å². The number of benzene rings is 2. The fraction of sp³-hybridized carbons (Fsp3) is 0.273. The number of amides is 2. The molecule has 2 rings (SSSR count). The molecule has 0 aromatic heterocycles. The summed E-state index contributed by atoms with van der Waals surface area (Å²) in [5.41, 5.74) is 1.36. The van der Waals surface area contributed by atoms with Crippen molar-refractivity contribution in [2.75, 3.05) is 39.7 Å². The lowest BCUT2D eigenvalue weighted by atomic mass is 10.2. The summed E-state index contributed by atoms with van der Waals surface area (Å²) in [6.45, 7) is 2.16. The van der Waals surface area contributed by atoms with E-state index in [9.17, 15) is 9.59 Å². The molecule has 0 saturated heterocycles. The highest BCUT2D eigenvalue weighted by atomic mass is 16.5. The van der Waals surface area contributed by atoms with Crippen LogP contribution in [0.2, 0.25) is 0 Å². The maximum Gasteiger partial charge on any atom is 0.247 e. The van der Waals surface area contributed by atoms with E-state index < -0.39 is 0 Å². The molecule has 0 aliphatic carbocycles. The number of nitrogens with zero attached hydrogens (tertiary/aromatic N) is 1. The van der Waals surface area contributed by atoms with Crippen LogP contribution >= 0.6 is 0 Å². The molecule has 154 valence electrons. The number of nitrogens with one attached hydrogen (secondary N) is 1. The van der Waals surface area contributed by atoms with Crippen molar-refractivity contribution in [3.63, 3.8) is 0 Å². The Bertz CT molecular complexity index is 857. The molecule has 0 bridgehead atoms. The van der Waals surface area contributed by atoms with E-state index in [1.165, 1.54) is 11.0 Å². The van der Waals surface area contributed by atoms with Gasteiger partial charge in [0.2, 0.25) is 11.8 Å². The van der Waals surface area contributed by atoms with Crippen molar-refractivity contribution in [1.82, 2.24) is 4.90 Å². The molecule has 0 saturated carbocycles. The SMILES string of the molecule is CCN(CC(=O)Nc1cccc(OC)c1)C(=O)/C=C/c1cc(OC)cc(OC)c1. The van der Waals surface area contributed by atoms with Gasteiger partial charge in [0.15, 0.2) is 0 Å². The minimum Gasteiger partial charge on any atom is -0.497 e. The van der Waals surface area contributed by atoms with Crippen molar-refractivity contribution in [2.45, 2.75) is 6.92 Å². The van der Waals surface area contributed by atoms with Crippen molar-refractivity contribution >= 4 is 23.6 Å². The molecule has 2 amide bonds. The summed E-state index contributed by atoms with van der Waals surface area (Å²) in [6.07, 6.45) is 3.09. The Morgan fingerprint density at radius 2 is 1.62 bits per heavy atom. The Hall–Kier alpha value is -3.48. The van der Waals surface area contributed by atoms with Crippen LogP contribution < -0.4 is 19.5 Å². The van der Waals surface area contributed by atoms with Gasteiger partial charge in [-0.05, 0) is 42.8 Å². The van der Waals surface area contributed by atoms with E-state index in [2.05, 4.69) is 5.32 Å². The molecule has 1 N–H and O–H groups in total. The number of rotatable bonds is 9. The number of hydrogen-bond donors (Lipinski definition) is 1. The fourth-order valence-electron chi connectivity index (χ4n) is 2.62. The maximum atomic E-state index is 12.5. The molecule has 0 unspecified atom stereocenters. The van der Waals surface area contributed by atoms with Gasteiger partial charge in [-0.3, -0.25) is 9.59 Å². The molecule has 0 spiro atoms. The highest BCUT2D eigenvalue weighted by Gasteiger charge is 2.14. The summed E-state index contributed by atoms with van der Waals surface area (Å²) in [4.78, 5) is 26.3. The molecule has 0 heterocycles. The van der Waals surface area contributed by atoms with Gasteiger partial charge >= 0.3 is 0 Å². The molecular formula is C22H26N2O5. The lowest BCUT2D eigenvalue weighted by Gasteiger charge is -2.18. The average molecular weight is 398 g/mol. The largest absolute Gasteiger partial charge is 0.497 e. The van der Waals surface area contributed by atoms with Crippen LogP contribution in [0, 0.1) is 0 Å². The van der Waals surface area contributed by atoms with Crippen molar-refractivity contribution in [2.24, 2.45) is 0 Å². The van der Waals surface area contributed by atoms with Crippen LogP contribution in [0.4, 0.5) is 5.69 Å². The van der Waals surface area contributed by atoms with Crippen LogP contribution in [0.5, 0.6) is 17.2 Å². The third kappa shape index (κ3) is 6.57. The lowest BCUT2D eigenvalue weighted by Crippen LogP contribution is -2.36. The molecule has 7 heteroatoms. The normalized spacial score (nSPS) is 10.5. The zero-order chi connectivity index (χ0) is 21.2. The number of anilines is 1. The second kappa shape index (κ2) is 10.8. The molecule has 2 aromatic rings. The van der Waals surface area contributed by atoms with Gasteiger partial charge in [-0.1, -0.05) is 6.07 Å². The van der Waals surface area contributed by atoms with E-state index in [1.54, 1.807) is 69.9 Å². The highest BCUT2D eigenvalue weighted by Crippen LogP contribution is 2.23. The second-order valence-electron chi connectivity index (χ2n) is 6.11. The van der Waals surface area contributed by atoms with E-state index >= 15 is 0 Å². The van der Waals surface area contributed by atoms with E-state index in [1.807, 2.05) is 6.92 Å². The van der Waals surface area contributed by atoms with Gasteiger partial charge in [-0.2, -0.15) is 0 Å². The summed E-state index contributed by atoms with van der Waals surface area (Å²) in [5.74, 6) is 1.34. The van der Waals surface area contributed by atoms with Crippen LogP contribution in [-0.2, 0) is 9.59 Å². The van der Waals surface area contributed by atoms with E-state index in [0.717, 1.165) is 5.56 Å². The summed E-state index contributed by atoms with van der Waals surface area (Å²) < 4.78 is 15.6. The molecule has 0 aliphatic rings. The topological polar surface area (TPSA) is 77.1 Å². The molecule has 0 fully saturated rings. The van der Waals surface area contributed by atoms with Crippen molar-refractivity contribution < 1.29 is 23.8 Å². The molecule has 0 aliphatic heterocycles. The minimum atomic E-state index is -0.287. The Kier molecular flexibility index (Phi) is 8.09. The predicted molar refractivity (Wildman–Crippen MR) is 112 cm³/mol. The van der Waals surface area contributed by atoms with Gasteiger partial charge in [-0.25, -0.2) is 0 Å². The van der Waals surface area contributed by atoms with Gasteiger partial charge < -0.3 is 24.4 Å². The van der Waals surface area contributed by atoms with Gasteiger partial charge in [0, 0.05) is 30.4 Å². The van der Waals surface area contributed by atoms with E-state index in [0.29, 0.717) is 29.5 Å². The molecule has 2 aromatic carbocycles. The summed E-state index contributed by atoms with van der Waals surface area (Å²) in [7, 11) is 4.68. The van der Waals surface area contributed by atoms with Crippen LogP contribution in [0.1, 0.15) is 12.5 Å². The smallest absolute Gasteiger partial charge is 0.247 e. The Balaban J connectivity index is 2.02. The summed E-state index contributed by atoms with van der Waals surface area (Å²) in [5, 5.41) is 2.77. The average Bonchev–Trinajstić information content (AvgIpc) is 2.75. The third-order valence-electron chi connectivity index (χ3n) is 4.17. The minimum absolute atomic E-state index is 0.0572. The lowest BCUT2D eigenvalue weighted by molar-refractivity contribution is -0.130. The number of likely N-dealkylation sites (N-methyl/N-ethyl adjacent to an activating group) is 1. The number of hydrogen-bond acceptors (Lipinski definition) is 5. The van der Waals surface area contributed by atoms with Gasteiger partial charge in [0.1, 0.15) is 23.8 Å². The molecule has 29 heavy (non-hydrogen) atoms. The van der Waals surface area contributed by atoms with Gasteiger partial charge in [0.25, 0.3) is 0 Å². The number of methoxy groups -OCH3 is 3. The van der Waals surface area contributed by atoms with Crippen molar-refractivity contribution in [1.29, 1.82) is 0 Å². The molecule has 0 radical (unpaired) electrons.